The molecule has 0 aromatic rings. The first kappa shape index (κ1) is 8.27. The van der Waals surface area contributed by atoms with Crippen LogP contribution in [0.25, 0.3) is 0 Å². The van der Waals surface area contributed by atoms with Crippen LogP contribution in [0.15, 0.2) is 11.6 Å². The Morgan fingerprint density at radius 2 is 2.45 bits per heavy atom. The highest BCUT2D eigenvalue weighted by atomic mass is 16.5. The number of carbonyl (C=O) groups is 1. The van der Waals surface area contributed by atoms with Crippen LogP contribution in [0.5, 0.6) is 0 Å². The van der Waals surface area contributed by atoms with Gasteiger partial charge in [0, 0.05) is 18.2 Å². The van der Waals surface area contributed by atoms with Gasteiger partial charge in [-0.15, -0.1) is 0 Å². The predicted molar refractivity (Wildman–Crippen MR) is 42.2 cm³/mol. The Morgan fingerprint density at radius 3 is 2.82 bits per heavy atom. The molecule has 1 aliphatic heterocycles. The Balaban J connectivity index is 2.63. The lowest BCUT2D eigenvalue weighted by atomic mass is 10.2. The van der Waals surface area contributed by atoms with E-state index in [9.17, 15) is 4.79 Å². The summed E-state index contributed by atoms with van der Waals surface area (Å²) in [5, 5.41) is 0. The van der Waals surface area contributed by atoms with E-state index in [2.05, 4.69) is 16.6 Å². The van der Waals surface area contributed by atoms with Gasteiger partial charge in [0.05, 0.1) is 7.11 Å². The maximum atomic E-state index is 11.0. The molecule has 62 valence electrons. The number of carbonyl (C=O) groups excluding carboxylic acids is 1. The Labute approximate surface area is 66.6 Å². The summed E-state index contributed by atoms with van der Waals surface area (Å²) in [5.74, 6) is -0.207. The molecule has 0 amide bonds. The van der Waals surface area contributed by atoms with E-state index in [0.29, 0.717) is 12.6 Å². The van der Waals surface area contributed by atoms with Crippen molar-refractivity contribution in [1.29, 1.82) is 0 Å². The molecule has 1 atom stereocenters. The molecule has 0 N–H and O–H groups in total. The third kappa shape index (κ3) is 1.60. The van der Waals surface area contributed by atoms with Crippen LogP contribution in [-0.4, -0.2) is 37.6 Å². The third-order valence-electron chi connectivity index (χ3n) is 2.00. The van der Waals surface area contributed by atoms with Crippen LogP contribution in [-0.2, 0) is 9.53 Å². The summed E-state index contributed by atoms with van der Waals surface area (Å²) in [7, 11) is 3.39. The molecule has 1 heterocycles. The van der Waals surface area contributed by atoms with Crippen LogP contribution < -0.4 is 0 Å². The highest BCUT2D eigenvalue weighted by molar-refractivity contribution is 5.89. The van der Waals surface area contributed by atoms with Gasteiger partial charge in [0.1, 0.15) is 0 Å². The fourth-order valence-corrected chi connectivity index (χ4v) is 1.15. The van der Waals surface area contributed by atoms with E-state index in [0.717, 1.165) is 5.57 Å². The summed E-state index contributed by atoms with van der Waals surface area (Å²) in [4.78, 5) is 13.1. The zero-order valence-electron chi connectivity index (χ0n) is 7.13. The number of hydrogen-bond acceptors (Lipinski definition) is 3. The highest BCUT2D eigenvalue weighted by Gasteiger charge is 2.22. The smallest absolute Gasteiger partial charge is 0.334 e. The minimum Gasteiger partial charge on any atom is -0.466 e. The first-order valence-corrected chi connectivity index (χ1v) is 3.64. The standard InChI is InChI=1S/C8H13NO2/c1-6-4-7(5-9(6)2)8(10)11-3/h4,6H,5H2,1-3H3. The maximum Gasteiger partial charge on any atom is 0.334 e. The lowest BCUT2D eigenvalue weighted by molar-refractivity contribution is -0.136. The minimum atomic E-state index is -0.207. The van der Waals surface area contributed by atoms with Gasteiger partial charge in [0.15, 0.2) is 0 Å². The third-order valence-corrected chi connectivity index (χ3v) is 2.00. The highest BCUT2D eigenvalue weighted by Crippen LogP contribution is 2.14. The van der Waals surface area contributed by atoms with Gasteiger partial charge in [0.2, 0.25) is 0 Å². The second-order valence-corrected chi connectivity index (χ2v) is 2.84. The Bertz CT molecular complexity index is 198. The van der Waals surface area contributed by atoms with E-state index in [4.69, 9.17) is 0 Å². The molecule has 3 nitrogen and oxygen atoms in total. The maximum absolute atomic E-state index is 11.0. The molecule has 0 bridgehead atoms. The van der Waals surface area contributed by atoms with Crippen molar-refractivity contribution in [3.63, 3.8) is 0 Å². The van der Waals surface area contributed by atoms with Crippen LogP contribution in [0.1, 0.15) is 6.92 Å². The number of methoxy groups -OCH3 is 1. The number of nitrogens with zero attached hydrogens (tertiary/aromatic N) is 1. The molecule has 0 aromatic heterocycles. The first-order chi connectivity index (χ1) is 5.15. The first-order valence-electron chi connectivity index (χ1n) is 3.64. The van der Waals surface area contributed by atoms with Gasteiger partial charge >= 0.3 is 5.97 Å². The summed E-state index contributed by atoms with van der Waals surface area (Å²) in [6, 6.07) is 0.351. The van der Waals surface area contributed by atoms with E-state index < -0.39 is 0 Å². The largest absolute Gasteiger partial charge is 0.466 e. The number of ether oxygens (including phenoxy) is 1. The number of esters is 1. The molecular formula is C8H13NO2. The Kier molecular flexibility index (Phi) is 2.29. The Morgan fingerprint density at radius 1 is 1.82 bits per heavy atom. The molecule has 0 spiro atoms. The normalized spacial score (nSPS) is 25.0. The molecule has 0 saturated heterocycles. The molecule has 1 unspecified atom stereocenters. The summed E-state index contributed by atoms with van der Waals surface area (Å²) < 4.78 is 4.60. The van der Waals surface area contributed by atoms with Crippen molar-refractivity contribution in [2.45, 2.75) is 13.0 Å². The average molecular weight is 155 g/mol. The topological polar surface area (TPSA) is 29.5 Å². The lowest BCUT2D eigenvalue weighted by Crippen LogP contribution is -2.23. The van der Waals surface area contributed by atoms with E-state index >= 15 is 0 Å². The van der Waals surface area contributed by atoms with E-state index in [-0.39, 0.29) is 5.97 Å². The van der Waals surface area contributed by atoms with Crippen molar-refractivity contribution < 1.29 is 9.53 Å². The summed E-state index contributed by atoms with van der Waals surface area (Å²) in [5.41, 5.74) is 0.766. The molecule has 0 aliphatic carbocycles. The minimum absolute atomic E-state index is 0.207. The van der Waals surface area contributed by atoms with E-state index in [1.165, 1.54) is 7.11 Å². The molecule has 1 rings (SSSR count). The SMILES string of the molecule is COC(=O)C1=CC(C)N(C)C1. The Hall–Kier alpha value is -0.830. The van der Waals surface area contributed by atoms with Gasteiger partial charge in [-0.1, -0.05) is 6.08 Å². The zero-order chi connectivity index (χ0) is 8.43. The van der Waals surface area contributed by atoms with Gasteiger partial charge in [-0.05, 0) is 14.0 Å². The van der Waals surface area contributed by atoms with Crippen LogP contribution in [0.2, 0.25) is 0 Å². The molecule has 0 aromatic carbocycles. The predicted octanol–water partition coefficient (Wildman–Crippen LogP) is 0.420. The fraction of sp³-hybridized carbons (Fsp3) is 0.625. The van der Waals surface area contributed by atoms with E-state index in [1.807, 2.05) is 13.1 Å². The van der Waals surface area contributed by atoms with Crippen LogP contribution in [0.4, 0.5) is 0 Å². The molecule has 11 heavy (non-hydrogen) atoms. The second kappa shape index (κ2) is 3.05. The van der Waals surface area contributed by atoms with Crippen molar-refractivity contribution in [1.82, 2.24) is 4.90 Å². The van der Waals surface area contributed by atoms with Crippen LogP contribution >= 0.6 is 0 Å². The molecule has 0 radical (unpaired) electrons. The lowest BCUT2D eigenvalue weighted by Gasteiger charge is -2.12. The average Bonchev–Trinajstić information content (AvgIpc) is 2.31. The van der Waals surface area contributed by atoms with Crippen molar-refractivity contribution in [3.8, 4) is 0 Å². The quantitative estimate of drug-likeness (QED) is 0.514. The van der Waals surface area contributed by atoms with Gasteiger partial charge in [-0.2, -0.15) is 0 Å². The van der Waals surface area contributed by atoms with Crippen LogP contribution in [0.3, 0.4) is 0 Å². The fourth-order valence-electron chi connectivity index (χ4n) is 1.15. The van der Waals surface area contributed by atoms with Crippen molar-refractivity contribution >= 4 is 5.97 Å². The van der Waals surface area contributed by atoms with Gasteiger partial charge in [-0.25, -0.2) is 4.79 Å². The summed E-state index contributed by atoms with van der Waals surface area (Å²) in [6.07, 6.45) is 1.94. The number of rotatable bonds is 1. The van der Waals surface area contributed by atoms with Crippen molar-refractivity contribution in [3.05, 3.63) is 11.6 Å². The van der Waals surface area contributed by atoms with Gasteiger partial charge < -0.3 is 4.74 Å². The molecule has 0 fully saturated rings. The van der Waals surface area contributed by atoms with Crippen LogP contribution in [0, 0.1) is 0 Å². The summed E-state index contributed by atoms with van der Waals surface area (Å²) >= 11 is 0. The number of hydrogen-bond donors (Lipinski definition) is 0. The molecule has 3 heteroatoms. The van der Waals surface area contributed by atoms with Crippen molar-refractivity contribution in [2.24, 2.45) is 0 Å². The number of likely N-dealkylation sites (N-methyl/N-ethyl adjacent to an activating group) is 1. The molecular weight excluding hydrogens is 142 g/mol. The monoisotopic (exact) mass is 155 g/mol. The zero-order valence-corrected chi connectivity index (χ0v) is 7.13. The summed E-state index contributed by atoms with van der Waals surface area (Å²) in [6.45, 7) is 2.75. The van der Waals surface area contributed by atoms with E-state index in [1.54, 1.807) is 0 Å². The molecule has 1 aliphatic rings. The van der Waals surface area contributed by atoms with Gasteiger partial charge in [0.25, 0.3) is 0 Å². The van der Waals surface area contributed by atoms with Gasteiger partial charge in [-0.3, -0.25) is 4.90 Å². The molecule has 0 saturated carbocycles. The second-order valence-electron chi connectivity index (χ2n) is 2.84. The van der Waals surface area contributed by atoms with Crippen molar-refractivity contribution in [2.75, 3.05) is 20.7 Å².